The molecular formula is C9H6ClN5O2S2. The van der Waals surface area contributed by atoms with Crippen LogP contribution in [0.15, 0.2) is 34.9 Å². The minimum Gasteiger partial charge on any atom is -0.288 e. The van der Waals surface area contributed by atoms with Crippen molar-refractivity contribution >= 4 is 43.7 Å². The molecule has 0 aromatic carbocycles. The normalized spacial score (nSPS) is 11.8. The van der Waals surface area contributed by atoms with Crippen LogP contribution in [0.2, 0.25) is 5.15 Å². The second-order valence-corrected chi connectivity index (χ2v) is 6.27. The van der Waals surface area contributed by atoms with Gasteiger partial charge in [-0.1, -0.05) is 29.0 Å². The number of sulfonamides is 1. The summed E-state index contributed by atoms with van der Waals surface area (Å²) in [5.41, 5.74) is 1.87. The lowest BCUT2D eigenvalue weighted by Crippen LogP contribution is -2.15. The predicted octanol–water partition coefficient (Wildman–Crippen LogP) is 1.64. The number of hydrogen-bond donors (Lipinski definition) is 1. The summed E-state index contributed by atoms with van der Waals surface area (Å²) in [7, 11) is -3.87. The van der Waals surface area contributed by atoms with E-state index < -0.39 is 10.0 Å². The highest BCUT2D eigenvalue weighted by atomic mass is 35.5. The number of pyridine rings is 1. The van der Waals surface area contributed by atoms with Crippen LogP contribution in [0.5, 0.6) is 0 Å². The van der Waals surface area contributed by atoms with E-state index in [1.54, 1.807) is 24.4 Å². The molecule has 0 saturated heterocycles. The van der Waals surface area contributed by atoms with Crippen LogP contribution in [-0.2, 0) is 10.0 Å². The van der Waals surface area contributed by atoms with Crippen LogP contribution in [0.1, 0.15) is 0 Å². The quantitative estimate of drug-likeness (QED) is 0.793. The Hall–Kier alpha value is -1.71. The summed E-state index contributed by atoms with van der Waals surface area (Å²) in [4.78, 5) is 3.99. The van der Waals surface area contributed by atoms with Gasteiger partial charge in [0.05, 0.1) is 0 Å². The van der Waals surface area contributed by atoms with Crippen molar-refractivity contribution in [2.45, 2.75) is 5.03 Å². The highest BCUT2D eigenvalue weighted by Gasteiger charge is 2.25. The fourth-order valence-electron chi connectivity index (χ4n) is 1.57. The first kappa shape index (κ1) is 12.3. The maximum absolute atomic E-state index is 12.3. The molecule has 0 aliphatic carbocycles. The van der Waals surface area contributed by atoms with Gasteiger partial charge in [-0.05, 0) is 12.1 Å². The Bertz CT molecular complexity index is 828. The number of aromatic nitrogens is 4. The Labute approximate surface area is 116 Å². The summed E-state index contributed by atoms with van der Waals surface area (Å²) in [6, 6.07) is 5.10. The molecule has 0 fully saturated rings. The maximum atomic E-state index is 12.3. The molecule has 0 radical (unpaired) electrons. The molecule has 7 nitrogen and oxygen atoms in total. The number of nitrogens with one attached hydrogen (secondary N) is 1. The van der Waals surface area contributed by atoms with Crippen molar-refractivity contribution in [3.05, 3.63) is 35.1 Å². The van der Waals surface area contributed by atoms with Crippen molar-refractivity contribution < 1.29 is 8.42 Å². The van der Waals surface area contributed by atoms with E-state index in [4.69, 9.17) is 11.6 Å². The topological polar surface area (TPSA) is 89.2 Å². The number of imidazole rings is 1. The molecule has 0 bridgehead atoms. The van der Waals surface area contributed by atoms with Gasteiger partial charge in [0.25, 0.3) is 10.0 Å². The van der Waals surface area contributed by atoms with Crippen molar-refractivity contribution in [3.63, 3.8) is 0 Å². The van der Waals surface area contributed by atoms with Gasteiger partial charge in [-0.3, -0.25) is 9.12 Å². The monoisotopic (exact) mass is 315 g/mol. The molecule has 10 heteroatoms. The van der Waals surface area contributed by atoms with Crippen molar-refractivity contribution in [2.75, 3.05) is 4.72 Å². The van der Waals surface area contributed by atoms with Gasteiger partial charge >= 0.3 is 0 Å². The lowest BCUT2D eigenvalue weighted by molar-refractivity contribution is 0.596. The van der Waals surface area contributed by atoms with Gasteiger partial charge < -0.3 is 0 Å². The van der Waals surface area contributed by atoms with E-state index in [-0.39, 0.29) is 15.3 Å². The molecule has 19 heavy (non-hydrogen) atoms. The summed E-state index contributed by atoms with van der Waals surface area (Å²) in [5.74, 6) is 0. The molecule has 0 aliphatic rings. The number of fused-ring (bicyclic) bond motifs is 1. The highest BCUT2D eigenvalue weighted by Crippen LogP contribution is 2.24. The first-order chi connectivity index (χ1) is 9.08. The Morgan fingerprint density at radius 3 is 2.95 bits per heavy atom. The third-order valence-electron chi connectivity index (χ3n) is 2.28. The SMILES string of the molecule is O=S(=O)(Nc1nncs1)c1c(Cl)nc2ccccn12. The van der Waals surface area contributed by atoms with Crippen LogP contribution in [0, 0.1) is 0 Å². The molecule has 0 atom stereocenters. The van der Waals surface area contributed by atoms with Crippen molar-refractivity contribution in [3.8, 4) is 0 Å². The number of nitrogens with zero attached hydrogens (tertiary/aromatic N) is 4. The van der Waals surface area contributed by atoms with E-state index in [1.165, 1.54) is 9.91 Å². The molecule has 0 unspecified atom stereocenters. The number of anilines is 1. The Morgan fingerprint density at radius 2 is 2.21 bits per heavy atom. The molecule has 3 heterocycles. The molecule has 3 rings (SSSR count). The van der Waals surface area contributed by atoms with Crippen LogP contribution >= 0.6 is 22.9 Å². The number of rotatable bonds is 3. The van der Waals surface area contributed by atoms with Gasteiger partial charge in [-0.25, -0.2) is 4.98 Å². The minimum atomic E-state index is -3.87. The molecule has 3 aromatic rings. The van der Waals surface area contributed by atoms with Gasteiger partial charge in [-0.2, -0.15) is 8.42 Å². The van der Waals surface area contributed by atoms with Crippen molar-refractivity contribution in [1.82, 2.24) is 19.6 Å². The summed E-state index contributed by atoms with van der Waals surface area (Å²) in [6.07, 6.45) is 1.57. The van der Waals surface area contributed by atoms with Gasteiger partial charge in [0.15, 0.2) is 10.2 Å². The van der Waals surface area contributed by atoms with E-state index >= 15 is 0 Å². The molecule has 0 amide bonds. The molecular weight excluding hydrogens is 310 g/mol. The van der Waals surface area contributed by atoms with E-state index in [1.807, 2.05) is 0 Å². The number of halogens is 1. The Balaban J connectivity index is 2.15. The number of hydrogen-bond acceptors (Lipinski definition) is 6. The van der Waals surface area contributed by atoms with Crippen LogP contribution in [0.3, 0.4) is 0 Å². The zero-order chi connectivity index (χ0) is 13.5. The molecule has 0 saturated carbocycles. The van der Waals surface area contributed by atoms with E-state index in [2.05, 4.69) is 19.9 Å². The van der Waals surface area contributed by atoms with Gasteiger partial charge in [0.1, 0.15) is 11.2 Å². The maximum Gasteiger partial charge on any atom is 0.282 e. The summed E-state index contributed by atoms with van der Waals surface area (Å²) in [6.45, 7) is 0. The van der Waals surface area contributed by atoms with Gasteiger partial charge in [0, 0.05) is 6.20 Å². The van der Waals surface area contributed by atoms with Crippen molar-refractivity contribution in [2.24, 2.45) is 0 Å². The van der Waals surface area contributed by atoms with Crippen molar-refractivity contribution in [1.29, 1.82) is 0 Å². The summed E-state index contributed by atoms with van der Waals surface area (Å²) < 4.78 is 28.3. The van der Waals surface area contributed by atoms with Gasteiger partial charge in [-0.15, -0.1) is 10.2 Å². The first-order valence-corrected chi connectivity index (χ1v) is 7.73. The van der Waals surface area contributed by atoms with E-state index in [9.17, 15) is 8.42 Å². The van der Waals surface area contributed by atoms with Crippen LogP contribution in [0.25, 0.3) is 5.65 Å². The first-order valence-electron chi connectivity index (χ1n) is 4.99. The smallest absolute Gasteiger partial charge is 0.282 e. The average molecular weight is 316 g/mol. The van der Waals surface area contributed by atoms with Crippen LogP contribution in [0.4, 0.5) is 5.13 Å². The molecule has 0 aliphatic heterocycles. The zero-order valence-electron chi connectivity index (χ0n) is 9.19. The summed E-state index contributed by atoms with van der Waals surface area (Å²) in [5, 5.41) is 7.13. The van der Waals surface area contributed by atoms with Crippen LogP contribution < -0.4 is 4.72 Å². The molecule has 98 valence electrons. The van der Waals surface area contributed by atoms with Crippen LogP contribution in [-0.4, -0.2) is 28.0 Å². The standard InChI is InChI=1S/C9H6ClN5O2S2/c10-7-8(15-4-2-1-3-6(15)12-7)19(16,17)14-9-13-11-5-18-9/h1-5H,(H,13,14). The highest BCUT2D eigenvalue weighted by molar-refractivity contribution is 7.93. The third-order valence-corrected chi connectivity index (χ3v) is 4.76. The zero-order valence-corrected chi connectivity index (χ0v) is 11.6. The summed E-state index contributed by atoms with van der Waals surface area (Å²) >= 11 is 6.98. The van der Waals surface area contributed by atoms with E-state index in [0.717, 1.165) is 11.3 Å². The Morgan fingerprint density at radius 1 is 1.37 bits per heavy atom. The molecule has 1 N–H and O–H groups in total. The largest absolute Gasteiger partial charge is 0.288 e. The second kappa shape index (κ2) is 4.44. The average Bonchev–Trinajstić information content (AvgIpc) is 2.94. The minimum absolute atomic E-state index is 0.0942. The third kappa shape index (κ3) is 2.15. The Kier molecular flexibility index (Phi) is 2.88. The fourth-order valence-corrected chi connectivity index (χ4v) is 3.91. The lowest BCUT2D eigenvalue weighted by Gasteiger charge is -2.04. The van der Waals surface area contributed by atoms with E-state index in [0.29, 0.717) is 5.65 Å². The second-order valence-electron chi connectivity index (χ2n) is 3.49. The molecule has 3 aromatic heterocycles. The lowest BCUT2D eigenvalue weighted by atomic mass is 10.5. The molecule has 0 spiro atoms. The fraction of sp³-hybridized carbons (Fsp3) is 0. The predicted molar refractivity (Wildman–Crippen MR) is 70.9 cm³/mol. The van der Waals surface area contributed by atoms with Gasteiger partial charge in [0.2, 0.25) is 5.13 Å².